The van der Waals surface area contributed by atoms with E-state index in [-0.39, 0.29) is 0 Å². The van der Waals surface area contributed by atoms with Crippen molar-refractivity contribution in [3.8, 4) is 0 Å². The van der Waals surface area contributed by atoms with Crippen molar-refractivity contribution in [2.75, 3.05) is 7.11 Å². The van der Waals surface area contributed by atoms with Crippen molar-refractivity contribution >= 4 is 23.9 Å². The second kappa shape index (κ2) is 5.25. The maximum Gasteiger partial charge on any atom is 0.349 e. The highest BCUT2D eigenvalue weighted by molar-refractivity contribution is 6.04. The lowest BCUT2D eigenvalue weighted by Gasteiger charge is -2.24. The minimum absolute atomic E-state index is 0.694. The van der Waals surface area contributed by atoms with E-state index in [0.29, 0.717) is 6.92 Å². The normalized spacial score (nSPS) is 13.8. The molecule has 0 aromatic carbocycles. The SMILES string of the molecule is COC(=O)C(C)(OC(C(=O)O)C(=O)O)C(=O)O. The quantitative estimate of drug-likeness (QED) is 0.380. The molecule has 1 atom stereocenters. The highest BCUT2D eigenvalue weighted by atomic mass is 16.6. The molecule has 0 rings (SSSR count). The third-order valence-electron chi connectivity index (χ3n) is 1.79. The zero-order valence-corrected chi connectivity index (χ0v) is 8.87. The fraction of sp³-hybridized carbons (Fsp3) is 0.500. The summed E-state index contributed by atoms with van der Waals surface area (Å²) in [7, 11) is 0.851. The summed E-state index contributed by atoms with van der Waals surface area (Å²) in [4.78, 5) is 42.9. The second-order valence-electron chi connectivity index (χ2n) is 3.00. The summed E-state index contributed by atoms with van der Waals surface area (Å²) in [6, 6.07) is 0. The van der Waals surface area contributed by atoms with Crippen LogP contribution in [0.25, 0.3) is 0 Å². The third kappa shape index (κ3) is 3.14. The van der Waals surface area contributed by atoms with Crippen LogP contribution in [-0.4, -0.2) is 58.0 Å². The molecule has 0 saturated heterocycles. The van der Waals surface area contributed by atoms with E-state index in [0.717, 1.165) is 7.11 Å². The van der Waals surface area contributed by atoms with E-state index in [1.165, 1.54) is 0 Å². The molecule has 0 aliphatic heterocycles. The highest BCUT2D eigenvalue weighted by Crippen LogP contribution is 2.16. The number of carboxylic acid groups (broad SMARTS) is 3. The van der Waals surface area contributed by atoms with Gasteiger partial charge in [-0.25, -0.2) is 19.2 Å². The van der Waals surface area contributed by atoms with Crippen LogP contribution < -0.4 is 0 Å². The van der Waals surface area contributed by atoms with Crippen molar-refractivity contribution in [2.45, 2.75) is 18.6 Å². The Balaban J connectivity index is 5.25. The van der Waals surface area contributed by atoms with Crippen molar-refractivity contribution < 1.29 is 44.0 Å². The fourth-order valence-electron chi connectivity index (χ4n) is 0.823. The van der Waals surface area contributed by atoms with Crippen LogP contribution in [-0.2, 0) is 28.7 Å². The summed E-state index contributed by atoms with van der Waals surface area (Å²) in [6.07, 6.45) is -2.49. The Morgan fingerprint density at radius 1 is 1.06 bits per heavy atom. The first kappa shape index (κ1) is 14.8. The van der Waals surface area contributed by atoms with Crippen LogP contribution in [0.15, 0.2) is 0 Å². The van der Waals surface area contributed by atoms with E-state index < -0.39 is 35.6 Å². The first-order valence-corrected chi connectivity index (χ1v) is 4.12. The summed E-state index contributed by atoms with van der Waals surface area (Å²) in [5.41, 5.74) is -2.71. The molecular weight excluding hydrogens is 240 g/mol. The van der Waals surface area contributed by atoms with Gasteiger partial charge in [0.2, 0.25) is 0 Å². The maximum atomic E-state index is 11.1. The fourth-order valence-corrected chi connectivity index (χ4v) is 0.823. The smallest absolute Gasteiger partial charge is 0.349 e. The molecule has 0 saturated carbocycles. The van der Waals surface area contributed by atoms with Gasteiger partial charge in [-0.15, -0.1) is 0 Å². The molecule has 0 aliphatic carbocycles. The zero-order chi connectivity index (χ0) is 13.8. The average Bonchev–Trinajstić information content (AvgIpc) is 2.22. The van der Waals surface area contributed by atoms with Gasteiger partial charge in [0.25, 0.3) is 11.7 Å². The molecular formula is C8H10O9. The van der Waals surface area contributed by atoms with Crippen molar-refractivity contribution in [1.82, 2.24) is 0 Å². The van der Waals surface area contributed by atoms with E-state index in [2.05, 4.69) is 9.47 Å². The van der Waals surface area contributed by atoms with Gasteiger partial charge in [0.05, 0.1) is 7.11 Å². The summed E-state index contributed by atoms with van der Waals surface area (Å²) >= 11 is 0. The van der Waals surface area contributed by atoms with Crippen LogP contribution in [0.5, 0.6) is 0 Å². The minimum Gasteiger partial charge on any atom is -0.479 e. The average molecular weight is 250 g/mol. The Morgan fingerprint density at radius 3 is 1.71 bits per heavy atom. The lowest BCUT2D eigenvalue weighted by Crippen LogP contribution is -2.52. The number of esters is 1. The van der Waals surface area contributed by atoms with Crippen molar-refractivity contribution in [2.24, 2.45) is 0 Å². The summed E-state index contributed by atoms with van der Waals surface area (Å²) in [5, 5.41) is 25.7. The maximum absolute atomic E-state index is 11.1. The molecule has 0 spiro atoms. The molecule has 9 nitrogen and oxygen atoms in total. The van der Waals surface area contributed by atoms with E-state index in [1.54, 1.807) is 0 Å². The molecule has 0 fully saturated rings. The number of carbonyl (C=O) groups is 4. The van der Waals surface area contributed by atoms with Gasteiger partial charge in [-0.05, 0) is 6.92 Å². The number of hydrogen-bond acceptors (Lipinski definition) is 6. The van der Waals surface area contributed by atoms with Gasteiger partial charge in [-0.2, -0.15) is 0 Å². The van der Waals surface area contributed by atoms with E-state index >= 15 is 0 Å². The van der Waals surface area contributed by atoms with Crippen LogP contribution >= 0.6 is 0 Å². The molecule has 96 valence electrons. The number of rotatable bonds is 6. The number of hydrogen-bond donors (Lipinski definition) is 3. The molecule has 9 heteroatoms. The molecule has 0 aromatic heterocycles. The monoisotopic (exact) mass is 250 g/mol. The second-order valence-corrected chi connectivity index (χ2v) is 3.00. The van der Waals surface area contributed by atoms with Crippen LogP contribution in [0.2, 0.25) is 0 Å². The first-order valence-electron chi connectivity index (χ1n) is 4.12. The Morgan fingerprint density at radius 2 is 1.47 bits per heavy atom. The van der Waals surface area contributed by atoms with E-state index in [4.69, 9.17) is 15.3 Å². The Labute approximate surface area is 94.5 Å². The topological polar surface area (TPSA) is 147 Å². The molecule has 3 N–H and O–H groups in total. The molecule has 0 amide bonds. The minimum atomic E-state index is -2.71. The van der Waals surface area contributed by atoms with Crippen molar-refractivity contribution in [3.05, 3.63) is 0 Å². The van der Waals surface area contributed by atoms with Gasteiger partial charge < -0.3 is 24.8 Å². The van der Waals surface area contributed by atoms with Crippen LogP contribution in [0, 0.1) is 0 Å². The predicted octanol–water partition coefficient (Wildman–Crippen LogP) is -1.44. The third-order valence-corrected chi connectivity index (χ3v) is 1.79. The van der Waals surface area contributed by atoms with Crippen molar-refractivity contribution in [3.63, 3.8) is 0 Å². The number of methoxy groups -OCH3 is 1. The molecule has 0 aliphatic rings. The molecule has 17 heavy (non-hydrogen) atoms. The Hall–Kier alpha value is -2.16. The van der Waals surface area contributed by atoms with Gasteiger partial charge in [-0.3, -0.25) is 0 Å². The number of ether oxygens (including phenoxy) is 2. The van der Waals surface area contributed by atoms with Gasteiger partial charge >= 0.3 is 23.9 Å². The van der Waals surface area contributed by atoms with Gasteiger partial charge in [-0.1, -0.05) is 0 Å². The standard InChI is InChI=1S/C8H10O9/c1-8(6(13)14,7(15)16-2)17-3(4(9)10)5(11)12/h3H,1-2H3,(H,9,10)(H,11,12)(H,13,14). The van der Waals surface area contributed by atoms with Gasteiger partial charge in [0.15, 0.2) is 0 Å². The predicted molar refractivity (Wildman–Crippen MR) is 48.2 cm³/mol. The summed E-state index contributed by atoms with van der Waals surface area (Å²) in [6.45, 7) is 0.694. The molecule has 1 unspecified atom stereocenters. The number of carbonyl (C=O) groups excluding carboxylic acids is 1. The summed E-state index contributed by atoms with van der Waals surface area (Å²) in [5.74, 6) is -7.16. The van der Waals surface area contributed by atoms with Gasteiger partial charge in [0.1, 0.15) is 0 Å². The first-order chi connectivity index (χ1) is 7.66. The van der Waals surface area contributed by atoms with Crippen LogP contribution in [0.4, 0.5) is 0 Å². The van der Waals surface area contributed by atoms with Gasteiger partial charge in [0, 0.05) is 0 Å². The van der Waals surface area contributed by atoms with E-state index in [1.807, 2.05) is 0 Å². The molecule has 0 radical (unpaired) electrons. The number of carboxylic acids is 3. The lowest BCUT2D eigenvalue weighted by atomic mass is 10.1. The largest absolute Gasteiger partial charge is 0.479 e. The van der Waals surface area contributed by atoms with E-state index in [9.17, 15) is 19.2 Å². The Kier molecular flexibility index (Phi) is 4.59. The van der Waals surface area contributed by atoms with Crippen LogP contribution in [0.1, 0.15) is 6.92 Å². The Bertz CT molecular complexity index is 346. The zero-order valence-electron chi connectivity index (χ0n) is 8.87. The molecule has 0 aromatic rings. The molecule has 0 bridgehead atoms. The highest BCUT2D eigenvalue weighted by Gasteiger charge is 2.49. The molecule has 0 heterocycles. The van der Waals surface area contributed by atoms with Crippen molar-refractivity contribution in [1.29, 1.82) is 0 Å². The van der Waals surface area contributed by atoms with Crippen LogP contribution in [0.3, 0.4) is 0 Å². The number of aliphatic carboxylic acids is 3. The summed E-state index contributed by atoms with van der Waals surface area (Å²) < 4.78 is 8.41. The lowest BCUT2D eigenvalue weighted by molar-refractivity contribution is -0.198.